The Morgan fingerprint density at radius 1 is 0.893 bits per heavy atom. The van der Waals surface area contributed by atoms with Crippen molar-refractivity contribution in [3.05, 3.63) is 58.6 Å². The van der Waals surface area contributed by atoms with Crippen molar-refractivity contribution in [1.82, 2.24) is 9.97 Å². The van der Waals surface area contributed by atoms with E-state index in [9.17, 15) is 26.0 Å². The van der Waals surface area contributed by atoms with Gasteiger partial charge >= 0.3 is 11.7 Å². The van der Waals surface area contributed by atoms with Crippen molar-refractivity contribution in [2.24, 2.45) is 0 Å². The van der Waals surface area contributed by atoms with Crippen LogP contribution in [0.5, 0.6) is 0 Å². The van der Waals surface area contributed by atoms with Gasteiger partial charge < -0.3 is 4.98 Å². The average molecular weight is 453 g/mol. The van der Waals surface area contributed by atoms with E-state index in [0.717, 1.165) is 0 Å². The van der Waals surface area contributed by atoms with Crippen LogP contribution in [0.2, 0.25) is 10.0 Å². The largest absolute Gasteiger partial charge is 0.411 e. The zero-order valence-corrected chi connectivity index (χ0v) is 16.0. The molecule has 28 heavy (non-hydrogen) atoms. The maximum absolute atomic E-state index is 13.6. The van der Waals surface area contributed by atoms with Gasteiger partial charge in [0.1, 0.15) is 0 Å². The van der Waals surface area contributed by atoms with Crippen molar-refractivity contribution < 1.29 is 26.0 Å². The second-order valence-electron chi connectivity index (χ2n) is 5.65. The molecular formula is C17H10Cl2F4N2O2S. The van der Waals surface area contributed by atoms with E-state index in [4.69, 9.17) is 23.2 Å². The minimum Gasteiger partial charge on any atom is -0.328 e. The molecule has 0 saturated carbocycles. The molecule has 0 saturated heterocycles. The SMILES string of the molecule is O=S(=O)(c1nc(-c2ccc(Cl)cc2)c(-c2ccc(Cl)cc2)[nH]1)C(F)(F)C(F)F. The highest BCUT2D eigenvalue weighted by atomic mass is 35.5. The molecule has 0 atom stereocenters. The second kappa shape index (κ2) is 7.38. The molecule has 148 valence electrons. The van der Waals surface area contributed by atoms with Crippen LogP contribution in [0.15, 0.2) is 53.7 Å². The first-order valence-electron chi connectivity index (χ1n) is 7.56. The highest BCUT2D eigenvalue weighted by molar-refractivity contribution is 7.92. The lowest BCUT2D eigenvalue weighted by Crippen LogP contribution is -2.37. The summed E-state index contributed by atoms with van der Waals surface area (Å²) in [5.74, 6) is 0. The van der Waals surface area contributed by atoms with Crippen LogP contribution < -0.4 is 0 Å². The van der Waals surface area contributed by atoms with Crippen LogP contribution in [0.3, 0.4) is 0 Å². The average Bonchev–Trinajstić information content (AvgIpc) is 3.08. The molecule has 0 fully saturated rings. The van der Waals surface area contributed by atoms with Gasteiger partial charge in [0.2, 0.25) is 5.16 Å². The molecule has 0 aliphatic heterocycles. The number of hydrogen-bond acceptors (Lipinski definition) is 3. The fourth-order valence-corrected chi connectivity index (χ4v) is 3.56. The zero-order chi connectivity index (χ0) is 20.7. The van der Waals surface area contributed by atoms with Gasteiger partial charge in [0.05, 0.1) is 11.4 Å². The number of halogens is 6. The van der Waals surface area contributed by atoms with Gasteiger partial charge in [-0.2, -0.15) is 8.78 Å². The third kappa shape index (κ3) is 3.61. The predicted octanol–water partition coefficient (Wildman–Crippen LogP) is 5.68. The Kier molecular flexibility index (Phi) is 5.44. The summed E-state index contributed by atoms with van der Waals surface area (Å²) in [4.78, 5) is 5.94. The maximum Gasteiger partial charge on any atom is 0.411 e. The van der Waals surface area contributed by atoms with Crippen LogP contribution in [0, 0.1) is 0 Å². The number of aromatic amines is 1. The molecule has 11 heteroatoms. The Labute approximate surface area is 167 Å². The van der Waals surface area contributed by atoms with Gasteiger partial charge in [0.25, 0.3) is 9.84 Å². The molecule has 0 aliphatic rings. The highest BCUT2D eigenvalue weighted by Gasteiger charge is 2.56. The molecule has 1 N–H and O–H groups in total. The van der Waals surface area contributed by atoms with E-state index in [1.807, 2.05) is 0 Å². The Bertz CT molecular complexity index is 1040. The monoisotopic (exact) mass is 452 g/mol. The van der Waals surface area contributed by atoms with Crippen molar-refractivity contribution in [3.8, 4) is 22.5 Å². The molecule has 0 amide bonds. The Balaban J connectivity index is 2.24. The highest BCUT2D eigenvalue weighted by Crippen LogP contribution is 2.37. The van der Waals surface area contributed by atoms with Gasteiger partial charge in [-0.1, -0.05) is 47.5 Å². The van der Waals surface area contributed by atoms with E-state index in [1.54, 1.807) is 0 Å². The molecule has 4 nitrogen and oxygen atoms in total. The molecule has 2 aromatic carbocycles. The summed E-state index contributed by atoms with van der Waals surface area (Å²) in [6.07, 6.45) is -4.42. The van der Waals surface area contributed by atoms with Crippen molar-refractivity contribution in [2.75, 3.05) is 0 Å². The Morgan fingerprint density at radius 2 is 1.36 bits per heavy atom. The van der Waals surface area contributed by atoms with Gasteiger partial charge in [-0.3, -0.25) is 0 Å². The number of alkyl halides is 4. The number of nitrogens with one attached hydrogen (secondary N) is 1. The maximum atomic E-state index is 13.6. The summed E-state index contributed by atoms with van der Waals surface area (Å²) >= 11 is 11.7. The smallest absolute Gasteiger partial charge is 0.328 e. The number of imidazole rings is 1. The molecule has 0 aliphatic carbocycles. The summed E-state index contributed by atoms with van der Waals surface area (Å²) < 4.78 is 76.7. The van der Waals surface area contributed by atoms with Crippen LogP contribution in [-0.2, 0) is 9.84 Å². The lowest BCUT2D eigenvalue weighted by Gasteiger charge is -2.13. The van der Waals surface area contributed by atoms with E-state index in [-0.39, 0.29) is 11.4 Å². The third-order valence-corrected chi connectivity index (χ3v) is 5.90. The first kappa shape index (κ1) is 20.6. The fourth-order valence-electron chi connectivity index (χ4n) is 2.37. The molecule has 0 radical (unpaired) electrons. The van der Waals surface area contributed by atoms with Gasteiger partial charge in [0.15, 0.2) is 0 Å². The van der Waals surface area contributed by atoms with E-state index in [0.29, 0.717) is 21.2 Å². The lowest BCUT2D eigenvalue weighted by molar-refractivity contribution is -0.0639. The van der Waals surface area contributed by atoms with E-state index < -0.39 is 26.7 Å². The van der Waals surface area contributed by atoms with Gasteiger partial charge in [-0.05, 0) is 24.3 Å². The minimum atomic E-state index is -5.77. The first-order chi connectivity index (χ1) is 13.0. The Hall–Kier alpha value is -2.10. The fraction of sp³-hybridized carbons (Fsp3) is 0.118. The molecule has 1 heterocycles. The zero-order valence-electron chi connectivity index (χ0n) is 13.6. The number of hydrogen-bond donors (Lipinski definition) is 1. The summed E-state index contributed by atoms with van der Waals surface area (Å²) in [5, 5.41) is -5.81. The topological polar surface area (TPSA) is 62.8 Å². The van der Waals surface area contributed by atoms with Crippen molar-refractivity contribution in [2.45, 2.75) is 16.8 Å². The summed E-state index contributed by atoms with van der Waals surface area (Å²) in [6.45, 7) is 0. The van der Waals surface area contributed by atoms with E-state index >= 15 is 0 Å². The molecule has 3 rings (SSSR count). The molecule has 0 bridgehead atoms. The van der Waals surface area contributed by atoms with Gasteiger partial charge in [-0.15, -0.1) is 0 Å². The Morgan fingerprint density at radius 3 is 1.82 bits per heavy atom. The molecular weight excluding hydrogens is 443 g/mol. The van der Waals surface area contributed by atoms with Crippen LogP contribution >= 0.6 is 23.2 Å². The summed E-state index contributed by atoms with van der Waals surface area (Å²) in [6, 6.07) is 11.9. The van der Waals surface area contributed by atoms with Gasteiger partial charge in [-0.25, -0.2) is 22.2 Å². The minimum absolute atomic E-state index is 0.0253. The van der Waals surface area contributed by atoms with Crippen molar-refractivity contribution in [3.63, 3.8) is 0 Å². The molecule has 1 aromatic heterocycles. The third-order valence-electron chi connectivity index (χ3n) is 3.80. The number of nitrogens with zero attached hydrogens (tertiary/aromatic N) is 1. The number of H-pyrrole nitrogens is 1. The molecule has 0 unspecified atom stereocenters. The van der Waals surface area contributed by atoms with Crippen LogP contribution in [0.1, 0.15) is 0 Å². The van der Waals surface area contributed by atoms with Crippen LogP contribution in [0.25, 0.3) is 22.5 Å². The number of rotatable bonds is 5. The first-order valence-corrected chi connectivity index (χ1v) is 9.80. The van der Waals surface area contributed by atoms with Crippen molar-refractivity contribution in [1.29, 1.82) is 0 Å². The molecule has 3 aromatic rings. The predicted molar refractivity (Wildman–Crippen MR) is 97.6 cm³/mol. The standard InChI is InChI=1S/C17H10Cl2F4N2O2S/c18-11-5-1-9(2-6-11)13-14(10-3-7-12(19)8-4-10)25-16(24-13)28(26,27)17(22,23)15(20)21/h1-8,15H,(H,24,25). The quantitative estimate of drug-likeness (QED) is 0.506. The lowest BCUT2D eigenvalue weighted by atomic mass is 10.1. The van der Waals surface area contributed by atoms with Crippen LogP contribution in [-0.4, -0.2) is 30.1 Å². The van der Waals surface area contributed by atoms with E-state index in [1.165, 1.54) is 48.5 Å². The number of aromatic nitrogens is 2. The second-order valence-corrected chi connectivity index (χ2v) is 8.46. The summed E-state index contributed by atoms with van der Waals surface area (Å²) in [5.41, 5.74) is 0.723. The van der Waals surface area contributed by atoms with Crippen molar-refractivity contribution >= 4 is 33.0 Å². The number of benzene rings is 2. The number of sulfone groups is 1. The van der Waals surface area contributed by atoms with Gasteiger partial charge in [0, 0.05) is 21.2 Å². The van der Waals surface area contributed by atoms with E-state index in [2.05, 4.69) is 9.97 Å². The molecule has 0 spiro atoms. The normalized spacial score (nSPS) is 12.5. The van der Waals surface area contributed by atoms with Crippen LogP contribution in [0.4, 0.5) is 17.6 Å². The summed E-state index contributed by atoms with van der Waals surface area (Å²) in [7, 11) is -5.77.